The van der Waals surface area contributed by atoms with Crippen molar-refractivity contribution in [2.45, 2.75) is 31.5 Å². The highest BCUT2D eigenvalue weighted by molar-refractivity contribution is 6.32. The van der Waals surface area contributed by atoms with E-state index in [1.165, 1.54) is 0 Å². The Labute approximate surface area is 215 Å². The molecule has 35 heavy (non-hydrogen) atoms. The van der Waals surface area contributed by atoms with Crippen LogP contribution in [0, 0.1) is 0 Å². The van der Waals surface area contributed by atoms with Crippen molar-refractivity contribution < 1.29 is 4.74 Å². The molecule has 2 heterocycles. The number of fused-ring (bicyclic) bond motifs is 1. The standard InChI is InChI=1S/C28H29Cl2N3O2/c1-35-19-18-32-25-12-6-7-13-26(25)33(28(32)34)20-14-16-31(17-15-20)27(21-8-2-4-10-23(21)29)22-9-3-5-11-24(22)30/h2-13,20,27H,14-19H2,1H3. The van der Waals surface area contributed by atoms with Gasteiger partial charge < -0.3 is 4.74 Å². The van der Waals surface area contributed by atoms with Crippen molar-refractivity contribution in [2.24, 2.45) is 0 Å². The minimum Gasteiger partial charge on any atom is -0.383 e. The number of benzene rings is 3. The molecule has 182 valence electrons. The van der Waals surface area contributed by atoms with Gasteiger partial charge in [0.05, 0.1) is 30.2 Å². The van der Waals surface area contributed by atoms with E-state index in [0.717, 1.165) is 58.1 Å². The van der Waals surface area contributed by atoms with Gasteiger partial charge in [-0.25, -0.2) is 4.79 Å². The minimum atomic E-state index is -0.0434. The van der Waals surface area contributed by atoms with E-state index in [-0.39, 0.29) is 17.8 Å². The van der Waals surface area contributed by atoms with Gasteiger partial charge in [-0.15, -0.1) is 0 Å². The van der Waals surface area contributed by atoms with Crippen LogP contribution in [0.1, 0.15) is 36.1 Å². The zero-order chi connectivity index (χ0) is 24.4. The van der Waals surface area contributed by atoms with Crippen LogP contribution in [-0.4, -0.2) is 40.8 Å². The van der Waals surface area contributed by atoms with Crippen LogP contribution in [0.25, 0.3) is 11.0 Å². The lowest BCUT2D eigenvalue weighted by Crippen LogP contribution is -2.40. The molecule has 0 aliphatic carbocycles. The van der Waals surface area contributed by atoms with E-state index in [4.69, 9.17) is 27.9 Å². The van der Waals surface area contributed by atoms with Crippen LogP contribution in [-0.2, 0) is 11.3 Å². The Bertz CT molecular complexity index is 1330. The number of methoxy groups -OCH3 is 1. The lowest BCUT2D eigenvalue weighted by atomic mass is 9.93. The van der Waals surface area contributed by atoms with E-state index >= 15 is 0 Å². The Morgan fingerprint density at radius 3 is 1.97 bits per heavy atom. The largest absolute Gasteiger partial charge is 0.383 e. The maximum absolute atomic E-state index is 13.5. The molecule has 0 bridgehead atoms. The van der Waals surface area contributed by atoms with Crippen molar-refractivity contribution in [3.8, 4) is 0 Å². The molecule has 1 saturated heterocycles. The van der Waals surface area contributed by atoms with Crippen molar-refractivity contribution >= 4 is 34.2 Å². The average Bonchev–Trinajstić information content (AvgIpc) is 3.16. The molecule has 0 radical (unpaired) electrons. The number of likely N-dealkylation sites (tertiary alicyclic amines) is 1. The normalized spacial score (nSPS) is 15.3. The molecule has 0 spiro atoms. The summed E-state index contributed by atoms with van der Waals surface area (Å²) in [5.41, 5.74) is 4.08. The molecule has 5 rings (SSSR count). The Morgan fingerprint density at radius 1 is 0.857 bits per heavy atom. The molecule has 0 saturated carbocycles. The second-order valence-corrected chi connectivity index (χ2v) is 9.81. The third-order valence-electron chi connectivity index (χ3n) is 7.02. The molecule has 1 aliphatic rings. The van der Waals surface area contributed by atoms with Gasteiger partial charge in [-0.3, -0.25) is 14.0 Å². The molecule has 1 fully saturated rings. The van der Waals surface area contributed by atoms with Gasteiger partial charge in [0.2, 0.25) is 0 Å². The topological polar surface area (TPSA) is 39.4 Å². The van der Waals surface area contributed by atoms with Crippen LogP contribution in [0.15, 0.2) is 77.6 Å². The van der Waals surface area contributed by atoms with Crippen molar-refractivity contribution in [3.63, 3.8) is 0 Å². The summed E-state index contributed by atoms with van der Waals surface area (Å²) in [6, 6.07) is 24.1. The highest BCUT2D eigenvalue weighted by Gasteiger charge is 2.31. The third-order valence-corrected chi connectivity index (χ3v) is 7.71. The number of halogens is 2. The third kappa shape index (κ3) is 4.66. The quantitative estimate of drug-likeness (QED) is 0.298. The van der Waals surface area contributed by atoms with Crippen LogP contribution in [0.2, 0.25) is 10.0 Å². The van der Waals surface area contributed by atoms with Crippen molar-refractivity contribution in [1.82, 2.24) is 14.0 Å². The van der Waals surface area contributed by atoms with Gasteiger partial charge in [-0.05, 0) is 48.2 Å². The fourth-order valence-electron chi connectivity index (χ4n) is 5.34. The van der Waals surface area contributed by atoms with Gasteiger partial charge >= 0.3 is 5.69 Å². The van der Waals surface area contributed by atoms with Crippen molar-refractivity contribution in [3.05, 3.63) is 104 Å². The summed E-state index contributed by atoms with van der Waals surface area (Å²) < 4.78 is 9.07. The Hall–Kier alpha value is -2.57. The van der Waals surface area contributed by atoms with Crippen molar-refractivity contribution in [2.75, 3.05) is 26.8 Å². The number of hydrogen-bond acceptors (Lipinski definition) is 3. The molecule has 5 nitrogen and oxygen atoms in total. The Kier molecular flexibility index (Phi) is 7.30. The number of piperidine rings is 1. The monoisotopic (exact) mass is 509 g/mol. The molecule has 3 aromatic carbocycles. The summed E-state index contributed by atoms with van der Waals surface area (Å²) in [6.07, 6.45) is 1.73. The summed E-state index contributed by atoms with van der Waals surface area (Å²) in [7, 11) is 1.66. The molecule has 0 atom stereocenters. The zero-order valence-corrected chi connectivity index (χ0v) is 21.3. The van der Waals surface area contributed by atoms with Gasteiger partial charge in [-0.2, -0.15) is 0 Å². The lowest BCUT2D eigenvalue weighted by Gasteiger charge is -2.39. The number of para-hydroxylation sites is 2. The minimum absolute atomic E-state index is 0.0375. The predicted octanol–water partition coefficient (Wildman–Crippen LogP) is 6.18. The van der Waals surface area contributed by atoms with Gasteiger partial charge in [0.15, 0.2) is 0 Å². The summed E-state index contributed by atoms with van der Waals surface area (Å²) in [5, 5.41) is 1.47. The molecular weight excluding hydrogens is 481 g/mol. The van der Waals surface area contributed by atoms with Crippen LogP contribution in [0.3, 0.4) is 0 Å². The molecule has 7 heteroatoms. The second kappa shape index (κ2) is 10.6. The number of hydrogen-bond donors (Lipinski definition) is 0. The Morgan fingerprint density at radius 2 is 1.40 bits per heavy atom. The number of aromatic nitrogens is 2. The summed E-state index contributed by atoms with van der Waals surface area (Å²) in [6.45, 7) is 2.71. The molecule has 0 amide bonds. The van der Waals surface area contributed by atoms with Gasteiger partial charge in [0.1, 0.15) is 0 Å². The number of nitrogens with zero attached hydrogens (tertiary/aromatic N) is 3. The number of rotatable bonds is 7. The molecule has 1 aromatic heterocycles. The average molecular weight is 510 g/mol. The number of ether oxygens (including phenoxy) is 1. The molecule has 4 aromatic rings. The second-order valence-electron chi connectivity index (χ2n) is 9.00. The molecule has 0 unspecified atom stereocenters. The van der Waals surface area contributed by atoms with Gasteiger partial charge in [0, 0.05) is 36.3 Å². The van der Waals surface area contributed by atoms with E-state index in [2.05, 4.69) is 17.0 Å². The van der Waals surface area contributed by atoms with Crippen LogP contribution >= 0.6 is 23.2 Å². The van der Waals surface area contributed by atoms with E-state index in [1.54, 1.807) is 7.11 Å². The fourth-order valence-corrected chi connectivity index (χ4v) is 5.82. The van der Waals surface area contributed by atoms with E-state index < -0.39 is 0 Å². The Balaban J connectivity index is 1.46. The van der Waals surface area contributed by atoms with Crippen molar-refractivity contribution in [1.29, 1.82) is 0 Å². The highest BCUT2D eigenvalue weighted by atomic mass is 35.5. The van der Waals surface area contributed by atoms with Gasteiger partial charge in [-0.1, -0.05) is 71.7 Å². The number of imidazole rings is 1. The maximum atomic E-state index is 13.5. The predicted molar refractivity (Wildman–Crippen MR) is 143 cm³/mol. The first-order valence-corrected chi connectivity index (χ1v) is 12.8. The fraction of sp³-hybridized carbons (Fsp3) is 0.321. The summed E-state index contributed by atoms with van der Waals surface area (Å²) in [5.74, 6) is 0. The van der Waals surface area contributed by atoms with Gasteiger partial charge in [0.25, 0.3) is 0 Å². The summed E-state index contributed by atoms with van der Waals surface area (Å²) >= 11 is 13.3. The lowest BCUT2D eigenvalue weighted by molar-refractivity contribution is 0.152. The molecular formula is C28H29Cl2N3O2. The van der Waals surface area contributed by atoms with Crippen LogP contribution < -0.4 is 5.69 Å². The first-order chi connectivity index (χ1) is 17.1. The SMILES string of the molecule is COCCn1c(=O)n(C2CCN(C(c3ccccc3Cl)c3ccccc3Cl)CC2)c2ccccc21. The summed E-state index contributed by atoms with van der Waals surface area (Å²) in [4.78, 5) is 15.9. The first kappa shape index (κ1) is 24.1. The van der Waals surface area contributed by atoms with Crippen LogP contribution in [0.5, 0.6) is 0 Å². The maximum Gasteiger partial charge on any atom is 0.329 e. The molecule has 0 N–H and O–H groups in total. The van der Waals surface area contributed by atoms with Crippen LogP contribution in [0.4, 0.5) is 0 Å². The van der Waals surface area contributed by atoms with E-state index in [1.807, 2.05) is 69.8 Å². The highest BCUT2D eigenvalue weighted by Crippen LogP contribution is 2.39. The zero-order valence-electron chi connectivity index (χ0n) is 19.7. The van der Waals surface area contributed by atoms with E-state index in [0.29, 0.717) is 13.2 Å². The molecule has 1 aliphatic heterocycles. The first-order valence-electron chi connectivity index (χ1n) is 12.0. The van der Waals surface area contributed by atoms with E-state index in [9.17, 15) is 4.79 Å². The smallest absolute Gasteiger partial charge is 0.329 e.